The third-order valence-electron chi connectivity index (χ3n) is 5.62. The van der Waals surface area contributed by atoms with Gasteiger partial charge in [-0.2, -0.15) is 5.10 Å². The third-order valence-corrected chi connectivity index (χ3v) is 6.27. The molecule has 0 radical (unpaired) electrons. The van der Waals surface area contributed by atoms with E-state index >= 15 is 0 Å². The van der Waals surface area contributed by atoms with Gasteiger partial charge in [-0.25, -0.2) is 4.68 Å². The zero-order chi connectivity index (χ0) is 21.3. The normalized spacial score (nSPS) is 14.7. The molecule has 1 aromatic heterocycles. The molecule has 0 saturated carbocycles. The van der Waals surface area contributed by atoms with Gasteiger partial charge in [0.1, 0.15) is 0 Å². The average Bonchev–Trinajstić information content (AvgIpc) is 3.18. The highest BCUT2D eigenvalue weighted by molar-refractivity contribution is 6.31. The molecule has 1 amide bonds. The Hall–Kier alpha value is -2.34. The van der Waals surface area contributed by atoms with Crippen LogP contribution in [0, 0.1) is 13.8 Å². The van der Waals surface area contributed by atoms with Gasteiger partial charge in [0.25, 0.3) is 5.91 Å². The lowest BCUT2D eigenvalue weighted by molar-refractivity contribution is 0.102. The Labute approximate surface area is 186 Å². The number of nitrogens with one attached hydrogen (secondary N) is 2. The summed E-state index contributed by atoms with van der Waals surface area (Å²) in [6, 6.07) is 11.3. The summed E-state index contributed by atoms with van der Waals surface area (Å²) in [5.74, 6) is 0.0494. The Morgan fingerprint density at radius 1 is 1.10 bits per heavy atom. The quantitative estimate of drug-likeness (QED) is 0.559. The maximum Gasteiger partial charge on any atom is 0.259 e. The van der Waals surface area contributed by atoms with Gasteiger partial charge in [-0.1, -0.05) is 35.3 Å². The molecule has 2 aromatic carbocycles. The first-order chi connectivity index (χ1) is 14.4. The second kappa shape index (κ2) is 8.80. The minimum atomic E-state index is -0.182. The molecule has 5 nitrogen and oxygen atoms in total. The van der Waals surface area contributed by atoms with Crippen LogP contribution in [0.5, 0.6) is 0 Å². The number of amides is 1. The molecule has 0 bridgehead atoms. The predicted molar refractivity (Wildman–Crippen MR) is 122 cm³/mol. The van der Waals surface area contributed by atoms with Crippen molar-refractivity contribution >= 4 is 34.8 Å². The number of piperidine rings is 1. The van der Waals surface area contributed by atoms with Gasteiger partial charge in [-0.15, -0.1) is 0 Å². The van der Waals surface area contributed by atoms with Crippen molar-refractivity contribution in [3.63, 3.8) is 0 Å². The summed E-state index contributed by atoms with van der Waals surface area (Å²) in [6.07, 6.45) is 3.55. The number of aromatic nitrogens is 2. The van der Waals surface area contributed by atoms with Gasteiger partial charge in [0.15, 0.2) is 0 Å². The number of carbonyl (C=O) groups is 1. The summed E-state index contributed by atoms with van der Waals surface area (Å²) >= 11 is 12.5. The Morgan fingerprint density at radius 3 is 2.57 bits per heavy atom. The smallest absolute Gasteiger partial charge is 0.259 e. The van der Waals surface area contributed by atoms with Crippen LogP contribution in [0.25, 0.3) is 5.69 Å². The van der Waals surface area contributed by atoms with E-state index in [9.17, 15) is 4.79 Å². The lowest BCUT2D eigenvalue weighted by atomic mass is 9.91. The van der Waals surface area contributed by atoms with Crippen molar-refractivity contribution in [3.8, 4) is 5.69 Å². The average molecular weight is 443 g/mol. The number of carbonyl (C=O) groups excluding carboxylic acids is 1. The fraction of sp³-hybridized carbons (Fsp3) is 0.304. The van der Waals surface area contributed by atoms with Crippen LogP contribution in [0.3, 0.4) is 0 Å². The van der Waals surface area contributed by atoms with Gasteiger partial charge in [-0.3, -0.25) is 4.79 Å². The molecule has 0 unspecified atom stereocenters. The zero-order valence-corrected chi connectivity index (χ0v) is 18.5. The minimum Gasteiger partial charge on any atom is -0.322 e. The van der Waals surface area contributed by atoms with Gasteiger partial charge >= 0.3 is 0 Å². The molecule has 156 valence electrons. The summed E-state index contributed by atoms with van der Waals surface area (Å²) in [6.45, 7) is 5.74. The summed E-state index contributed by atoms with van der Waals surface area (Å²) in [5, 5.41) is 12.3. The second-order valence-electron chi connectivity index (χ2n) is 7.73. The highest BCUT2D eigenvalue weighted by atomic mass is 35.5. The third kappa shape index (κ3) is 4.24. The molecular weight excluding hydrogens is 419 g/mol. The van der Waals surface area contributed by atoms with E-state index in [4.69, 9.17) is 23.2 Å². The molecule has 7 heteroatoms. The molecule has 0 spiro atoms. The molecule has 0 aliphatic carbocycles. The Bertz CT molecular complexity index is 1090. The van der Waals surface area contributed by atoms with Crippen LogP contribution in [0.1, 0.15) is 45.9 Å². The molecule has 3 aromatic rings. The lowest BCUT2D eigenvalue weighted by Crippen LogP contribution is -2.29. The summed E-state index contributed by atoms with van der Waals surface area (Å²) in [5.41, 5.74) is 5.03. The highest BCUT2D eigenvalue weighted by Crippen LogP contribution is 2.32. The predicted octanol–water partition coefficient (Wildman–Crippen LogP) is 5.52. The Morgan fingerprint density at radius 2 is 1.83 bits per heavy atom. The van der Waals surface area contributed by atoms with Crippen molar-refractivity contribution in [1.29, 1.82) is 0 Å². The van der Waals surface area contributed by atoms with E-state index in [1.54, 1.807) is 12.3 Å². The molecule has 30 heavy (non-hydrogen) atoms. The van der Waals surface area contributed by atoms with Crippen molar-refractivity contribution in [2.45, 2.75) is 32.6 Å². The fourth-order valence-electron chi connectivity index (χ4n) is 3.86. The number of nitrogens with zero attached hydrogens (tertiary/aromatic N) is 2. The van der Waals surface area contributed by atoms with E-state index in [0.717, 1.165) is 48.4 Å². The fourth-order valence-corrected chi connectivity index (χ4v) is 4.21. The van der Waals surface area contributed by atoms with E-state index in [1.807, 2.05) is 48.9 Å². The van der Waals surface area contributed by atoms with Crippen LogP contribution >= 0.6 is 23.2 Å². The topological polar surface area (TPSA) is 59.0 Å². The lowest BCUT2D eigenvalue weighted by Gasteiger charge is -2.25. The first-order valence-electron chi connectivity index (χ1n) is 10.1. The standard InChI is InChI=1S/C23H24Cl2N4O/c1-14-4-6-18(12-20(14)25)29-22(16-7-9-26-10-8-16)19(13-27-29)23(30)28-21-11-17(24)5-3-15(21)2/h3-6,11-13,16,26H,7-10H2,1-2H3,(H,28,30). The van der Waals surface area contributed by atoms with Crippen LogP contribution in [0.2, 0.25) is 10.0 Å². The number of anilines is 1. The largest absolute Gasteiger partial charge is 0.322 e. The van der Waals surface area contributed by atoms with Crippen LogP contribution in [-0.4, -0.2) is 28.8 Å². The van der Waals surface area contributed by atoms with Gasteiger partial charge in [0, 0.05) is 21.7 Å². The van der Waals surface area contributed by atoms with Crippen molar-refractivity contribution in [2.75, 3.05) is 18.4 Å². The zero-order valence-electron chi connectivity index (χ0n) is 17.0. The van der Waals surface area contributed by atoms with Crippen LogP contribution in [0.4, 0.5) is 5.69 Å². The molecule has 1 aliphatic rings. The van der Waals surface area contributed by atoms with Gasteiger partial charge in [-0.05, 0) is 75.2 Å². The molecule has 1 fully saturated rings. The monoisotopic (exact) mass is 442 g/mol. The number of hydrogen-bond acceptors (Lipinski definition) is 3. The number of hydrogen-bond donors (Lipinski definition) is 2. The van der Waals surface area contributed by atoms with Crippen molar-refractivity contribution in [2.24, 2.45) is 0 Å². The van der Waals surface area contributed by atoms with E-state index < -0.39 is 0 Å². The first kappa shape index (κ1) is 20.9. The number of benzene rings is 2. The van der Waals surface area contributed by atoms with Crippen molar-refractivity contribution in [3.05, 3.63) is 75.0 Å². The molecule has 1 saturated heterocycles. The Kier molecular flexibility index (Phi) is 6.14. The summed E-state index contributed by atoms with van der Waals surface area (Å²) in [4.78, 5) is 13.3. The molecule has 1 aliphatic heterocycles. The van der Waals surface area contributed by atoms with Crippen molar-refractivity contribution in [1.82, 2.24) is 15.1 Å². The molecule has 4 rings (SSSR count). The first-order valence-corrected chi connectivity index (χ1v) is 10.8. The molecular formula is C23H24Cl2N4O. The number of rotatable bonds is 4. The molecule has 0 atom stereocenters. The number of halogens is 2. The van der Waals surface area contributed by atoms with Gasteiger partial charge in [0.2, 0.25) is 0 Å². The van der Waals surface area contributed by atoms with Crippen LogP contribution in [-0.2, 0) is 0 Å². The van der Waals surface area contributed by atoms with Gasteiger partial charge < -0.3 is 10.6 Å². The molecule has 2 heterocycles. The minimum absolute atomic E-state index is 0.182. The van der Waals surface area contributed by atoms with Crippen molar-refractivity contribution < 1.29 is 4.79 Å². The van der Waals surface area contributed by atoms with Crippen LogP contribution in [0.15, 0.2) is 42.6 Å². The SMILES string of the molecule is Cc1ccc(-n2ncc(C(=O)Nc3cc(Cl)ccc3C)c2C2CCNCC2)cc1Cl. The van der Waals surface area contributed by atoms with E-state index in [-0.39, 0.29) is 11.8 Å². The van der Waals surface area contributed by atoms with Crippen LogP contribution < -0.4 is 10.6 Å². The summed E-state index contributed by atoms with van der Waals surface area (Å²) in [7, 11) is 0. The molecule has 2 N–H and O–H groups in total. The maximum absolute atomic E-state index is 13.3. The second-order valence-corrected chi connectivity index (χ2v) is 8.57. The summed E-state index contributed by atoms with van der Waals surface area (Å²) < 4.78 is 1.86. The Balaban J connectivity index is 1.75. The van der Waals surface area contributed by atoms with Gasteiger partial charge in [0.05, 0.1) is 23.1 Å². The van der Waals surface area contributed by atoms with E-state index in [2.05, 4.69) is 15.7 Å². The number of aryl methyl sites for hydroxylation is 2. The highest BCUT2D eigenvalue weighted by Gasteiger charge is 2.27. The van der Waals surface area contributed by atoms with E-state index in [0.29, 0.717) is 21.3 Å². The maximum atomic E-state index is 13.3. The van der Waals surface area contributed by atoms with E-state index in [1.165, 1.54) is 0 Å².